The molecule has 1 fully saturated rings. The smallest absolute Gasteiger partial charge is 0.191 e. The molecule has 0 aromatic carbocycles. The van der Waals surface area contributed by atoms with E-state index in [-0.39, 0.29) is 12.6 Å². The van der Waals surface area contributed by atoms with E-state index in [9.17, 15) is 8.42 Å². The minimum atomic E-state index is -3.19. The lowest BCUT2D eigenvalue weighted by Gasteiger charge is -2.34. The van der Waals surface area contributed by atoms with E-state index in [1.165, 1.54) is 6.26 Å². The van der Waals surface area contributed by atoms with Crippen LogP contribution in [0.25, 0.3) is 0 Å². The zero-order chi connectivity index (χ0) is 16.8. The normalized spacial score (nSPS) is 20.7. The van der Waals surface area contributed by atoms with E-state index >= 15 is 0 Å². The van der Waals surface area contributed by atoms with Gasteiger partial charge in [0.25, 0.3) is 0 Å². The molecule has 0 amide bonds. The molecule has 0 radical (unpaired) electrons. The molecule has 1 heterocycles. The molecule has 0 spiro atoms. The van der Waals surface area contributed by atoms with Gasteiger partial charge >= 0.3 is 0 Å². The minimum absolute atomic E-state index is 0.265. The zero-order valence-electron chi connectivity index (χ0n) is 14.5. The molecule has 1 saturated heterocycles. The van der Waals surface area contributed by atoms with E-state index in [2.05, 4.69) is 36.4 Å². The van der Waals surface area contributed by atoms with Crippen LogP contribution in [0.3, 0.4) is 0 Å². The largest absolute Gasteiger partial charge is 0.381 e. The number of hydrogen-bond donors (Lipinski definition) is 2. The first-order valence-corrected chi connectivity index (χ1v) is 9.93. The molecule has 2 N–H and O–H groups in total. The summed E-state index contributed by atoms with van der Waals surface area (Å²) in [6, 6.07) is 0.265. The second-order valence-corrected chi connectivity index (χ2v) is 8.85. The third kappa shape index (κ3) is 5.12. The fourth-order valence-electron chi connectivity index (χ4n) is 2.32. The lowest BCUT2D eigenvalue weighted by molar-refractivity contribution is 0.0768. The summed E-state index contributed by atoms with van der Waals surface area (Å²) in [4.78, 5) is 4.56. The van der Waals surface area contributed by atoms with Crippen LogP contribution < -0.4 is 10.6 Å². The Kier molecular flexibility index (Phi) is 7.12. The molecule has 0 bridgehead atoms. The monoisotopic (exact) mass is 333 g/mol. The Balaban J connectivity index is 2.89. The van der Waals surface area contributed by atoms with Gasteiger partial charge in [0.05, 0.1) is 11.3 Å². The fourth-order valence-corrected chi connectivity index (χ4v) is 3.52. The van der Waals surface area contributed by atoms with Crippen molar-refractivity contribution in [3.05, 3.63) is 0 Å². The Morgan fingerprint density at radius 2 is 1.86 bits per heavy atom. The Hall–Kier alpha value is -0.820. The van der Waals surface area contributed by atoms with Crippen LogP contribution in [0.15, 0.2) is 4.99 Å². The number of aliphatic imine (C=N–C) groups is 1. The summed E-state index contributed by atoms with van der Waals surface area (Å²) in [6.07, 6.45) is 2.33. The Labute approximate surface area is 135 Å². The maximum atomic E-state index is 12.2. The highest BCUT2D eigenvalue weighted by atomic mass is 32.2. The summed E-state index contributed by atoms with van der Waals surface area (Å²) < 4.78 is 29.0. The van der Waals surface area contributed by atoms with Crippen molar-refractivity contribution >= 4 is 15.8 Å². The molecule has 1 aliphatic rings. The summed E-state index contributed by atoms with van der Waals surface area (Å²) in [5.41, 5.74) is 0. The highest BCUT2D eigenvalue weighted by Crippen LogP contribution is 2.29. The number of rotatable bonds is 6. The topological polar surface area (TPSA) is 79.8 Å². The van der Waals surface area contributed by atoms with Crippen LogP contribution in [-0.2, 0) is 14.6 Å². The molecule has 0 aromatic heterocycles. The third-order valence-electron chi connectivity index (χ3n) is 4.42. The Bertz CT molecular complexity index is 468. The number of nitrogens with zero attached hydrogens (tertiary/aromatic N) is 1. The number of ether oxygens (including phenoxy) is 1. The molecule has 22 heavy (non-hydrogen) atoms. The van der Waals surface area contributed by atoms with Gasteiger partial charge in [0.15, 0.2) is 15.8 Å². The van der Waals surface area contributed by atoms with Crippen LogP contribution >= 0.6 is 0 Å². The molecule has 0 aromatic rings. The highest BCUT2D eigenvalue weighted by Gasteiger charge is 2.42. The lowest BCUT2D eigenvalue weighted by Crippen LogP contribution is -2.48. The SMILES string of the molecule is CCNC(=NCC1(S(C)(=O)=O)CCOCC1)NC(C)C(C)C. The van der Waals surface area contributed by atoms with Gasteiger partial charge in [-0.1, -0.05) is 13.8 Å². The first-order chi connectivity index (χ1) is 10.2. The van der Waals surface area contributed by atoms with Crippen molar-refractivity contribution in [2.45, 2.75) is 51.3 Å². The van der Waals surface area contributed by atoms with Crippen molar-refractivity contribution < 1.29 is 13.2 Å². The van der Waals surface area contributed by atoms with Gasteiger partial charge < -0.3 is 15.4 Å². The van der Waals surface area contributed by atoms with Gasteiger partial charge in [-0.05, 0) is 32.6 Å². The van der Waals surface area contributed by atoms with Crippen molar-refractivity contribution in [3.63, 3.8) is 0 Å². The summed E-state index contributed by atoms with van der Waals surface area (Å²) in [6.45, 7) is 10.3. The van der Waals surface area contributed by atoms with Crippen LogP contribution in [0.4, 0.5) is 0 Å². The fraction of sp³-hybridized carbons (Fsp3) is 0.933. The van der Waals surface area contributed by atoms with Gasteiger partial charge in [0, 0.05) is 32.1 Å². The summed E-state index contributed by atoms with van der Waals surface area (Å²) in [7, 11) is -3.19. The standard InChI is InChI=1S/C15H31N3O3S/c1-6-16-14(18-13(4)12(2)3)17-11-15(22(5,19)20)7-9-21-10-8-15/h12-13H,6-11H2,1-5H3,(H2,16,17,18). The van der Waals surface area contributed by atoms with Crippen LogP contribution in [0, 0.1) is 5.92 Å². The summed E-state index contributed by atoms with van der Waals surface area (Å²) in [5, 5.41) is 6.53. The van der Waals surface area contributed by atoms with Gasteiger partial charge in [-0.25, -0.2) is 8.42 Å². The third-order valence-corrected chi connectivity index (χ3v) is 6.54. The quantitative estimate of drug-likeness (QED) is 0.564. The van der Waals surface area contributed by atoms with Crippen molar-refractivity contribution in [1.82, 2.24) is 10.6 Å². The van der Waals surface area contributed by atoms with Gasteiger partial charge in [-0.3, -0.25) is 4.99 Å². The second-order valence-electron chi connectivity index (χ2n) is 6.44. The summed E-state index contributed by atoms with van der Waals surface area (Å²) in [5.74, 6) is 1.15. The predicted octanol–water partition coefficient (Wildman–Crippen LogP) is 1.18. The van der Waals surface area contributed by atoms with Gasteiger partial charge in [-0.15, -0.1) is 0 Å². The molecule has 1 atom stereocenters. The number of sulfone groups is 1. The van der Waals surface area contributed by atoms with Crippen molar-refractivity contribution in [1.29, 1.82) is 0 Å². The molecule has 6 nitrogen and oxygen atoms in total. The number of nitrogens with one attached hydrogen (secondary N) is 2. The molecular weight excluding hydrogens is 302 g/mol. The Morgan fingerprint density at radius 3 is 2.32 bits per heavy atom. The number of guanidine groups is 1. The van der Waals surface area contributed by atoms with E-state index < -0.39 is 14.6 Å². The van der Waals surface area contributed by atoms with Crippen molar-refractivity contribution in [3.8, 4) is 0 Å². The van der Waals surface area contributed by atoms with Gasteiger partial charge in [0.1, 0.15) is 0 Å². The van der Waals surface area contributed by atoms with E-state index in [4.69, 9.17) is 4.74 Å². The molecule has 1 rings (SSSR count). The zero-order valence-corrected chi connectivity index (χ0v) is 15.3. The molecule has 1 aliphatic heterocycles. The molecule has 0 aliphatic carbocycles. The van der Waals surface area contributed by atoms with E-state index in [1.54, 1.807) is 0 Å². The van der Waals surface area contributed by atoms with Crippen LogP contribution in [-0.4, -0.2) is 57.7 Å². The van der Waals surface area contributed by atoms with Crippen LogP contribution in [0.5, 0.6) is 0 Å². The van der Waals surface area contributed by atoms with E-state index in [0.717, 1.165) is 6.54 Å². The maximum Gasteiger partial charge on any atom is 0.191 e. The second kappa shape index (κ2) is 8.15. The van der Waals surface area contributed by atoms with Crippen LogP contribution in [0.2, 0.25) is 0 Å². The maximum absolute atomic E-state index is 12.2. The first-order valence-electron chi connectivity index (χ1n) is 8.04. The summed E-state index contributed by atoms with van der Waals surface area (Å²) >= 11 is 0. The molecule has 7 heteroatoms. The van der Waals surface area contributed by atoms with Crippen molar-refractivity contribution in [2.75, 3.05) is 32.6 Å². The Morgan fingerprint density at radius 1 is 1.27 bits per heavy atom. The molecule has 1 unspecified atom stereocenters. The average molecular weight is 333 g/mol. The van der Waals surface area contributed by atoms with Gasteiger partial charge in [0.2, 0.25) is 0 Å². The molecule has 130 valence electrons. The highest BCUT2D eigenvalue weighted by molar-refractivity contribution is 7.92. The van der Waals surface area contributed by atoms with E-state index in [0.29, 0.717) is 37.9 Å². The van der Waals surface area contributed by atoms with Crippen molar-refractivity contribution in [2.24, 2.45) is 10.9 Å². The predicted molar refractivity (Wildman–Crippen MR) is 91.0 cm³/mol. The average Bonchev–Trinajstić information content (AvgIpc) is 2.44. The lowest BCUT2D eigenvalue weighted by atomic mass is 9.99. The number of hydrogen-bond acceptors (Lipinski definition) is 4. The van der Waals surface area contributed by atoms with Crippen LogP contribution in [0.1, 0.15) is 40.5 Å². The molecular formula is C15H31N3O3S. The van der Waals surface area contributed by atoms with E-state index in [1.807, 2.05) is 6.92 Å². The molecule has 0 saturated carbocycles. The first kappa shape index (κ1) is 19.2. The van der Waals surface area contributed by atoms with Gasteiger partial charge in [-0.2, -0.15) is 0 Å². The minimum Gasteiger partial charge on any atom is -0.381 e.